The standard InChI is InChI=1S/C8H9N3O2/c1-11-2-5-6(3-11)9-4-10-7(5)8(12)13/h4H,2-3H2,1H3,(H,12,13). The average Bonchev–Trinajstić information content (AvgIpc) is 2.43. The van der Waals surface area contributed by atoms with Gasteiger partial charge in [-0.25, -0.2) is 14.8 Å². The number of hydrogen-bond donors (Lipinski definition) is 1. The van der Waals surface area contributed by atoms with Gasteiger partial charge in [-0.2, -0.15) is 0 Å². The lowest BCUT2D eigenvalue weighted by atomic mass is 10.2. The number of nitrogens with zero attached hydrogens (tertiary/aromatic N) is 3. The topological polar surface area (TPSA) is 66.3 Å². The van der Waals surface area contributed by atoms with Crippen LogP contribution in [0.15, 0.2) is 6.33 Å². The van der Waals surface area contributed by atoms with Crippen LogP contribution < -0.4 is 0 Å². The highest BCUT2D eigenvalue weighted by Crippen LogP contribution is 2.20. The Morgan fingerprint density at radius 3 is 3.00 bits per heavy atom. The van der Waals surface area contributed by atoms with Gasteiger partial charge in [-0.15, -0.1) is 0 Å². The summed E-state index contributed by atoms with van der Waals surface area (Å²) >= 11 is 0. The number of carboxylic acid groups (broad SMARTS) is 1. The van der Waals surface area contributed by atoms with Crippen LogP contribution in [0.3, 0.4) is 0 Å². The molecule has 1 aromatic rings. The predicted molar refractivity (Wildman–Crippen MR) is 44.2 cm³/mol. The van der Waals surface area contributed by atoms with Crippen molar-refractivity contribution in [2.24, 2.45) is 0 Å². The molecule has 5 heteroatoms. The summed E-state index contributed by atoms with van der Waals surface area (Å²) in [5.41, 5.74) is 1.71. The molecule has 0 unspecified atom stereocenters. The quantitative estimate of drug-likeness (QED) is 0.663. The lowest BCUT2D eigenvalue weighted by molar-refractivity contribution is 0.0688. The minimum absolute atomic E-state index is 0.134. The van der Waals surface area contributed by atoms with Gasteiger partial charge in [-0.1, -0.05) is 0 Å². The Hall–Kier alpha value is -1.49. The molecule has 0 saturated carbocycles. The number of rotatable bonds is 1. The number of carboxylic acids is 1. The maximum atomic E-state index is 10.8. The molecule has 0 radical (unpaired) electrons. The minimum atomic E-state index is -0.978. The zero-order chi connectivity index (χ0) is 9.42. The monoisotopic (exact) mass is 179 g/mol. The normalized spacial score (nSPS) is 15.8. The lowest BCUT2D eigenvalue weighted by Crippen LogP contribution is -2.09. The molecule has 0 fully saturated rings. The summed E-state index contributed by atoms with van der Waals surface area (Å²) < 4.78 is 0. The first kappa shape index (κ1) is 8.12. The molecule has 1 aliphatic heterocycles. The fourth-order valence-electron chi connectivity index (χ4n) is 1.52. The van der Waals surface area contributed by atoms with Crippen LogP contribution in [0.5, 0.6) is 0 Å². The molecule has 2 heterocycles. The molecule has 1 aromatic heterocycles. The summed E-state index contributed by atoms with van der Waals surface area (Å²) in [6.45, 7) is 1.33. The first-order valence-electron chi connectivity index (χ1n) is 3.93. The number of aromatic nitrogens is 2. The van der Waals surface area contributed by atoms with Crippen LogP contribution in [-0.2, 0) is 13.1 Å². The van der Waals surface area contributed by atoms with E-state index in [4.69, 9.17) is 5.11 Å². The van der Waals surface area contributed by atoms with Gasteiger partial charge in [0.15, 0.2) is 5.69 Å². The van der Waals surface area contributed by atoms with Gasteiger partial charge in [-0.05, 0) is 7.05 Å². The van der Waals surface area contributed by atoms with E-state index in [9.17, 15) is 4.79 Å². The maximum Gasteiger partial charge on any atom is 0.354 e. The van der Waals surface area contributed by atoms with E-state index in [0.29, 0.717) is 13.1 Å². The lowest BCUT2D eigenvalue weighted by Gasteiger charge is -2.02. The van der Waals surface area contributed by atoms with Crippen LogP contribution in [-0.4, -0.2) is 33.0 Å². The second-order valence-corrected chi connectivity index (χ2v) is 3.12. The van der Waals surface area contributed by atoms with Crippen molar-refractivity contribution in [1.29, 1.82) is 0 Å². The van der Waals surface area contributed by atoms with Gasteiger partial charge < -0.3 is 5.11 Å². The van der Waals surface area contributed by atoms with Gasteiger partial charge in [0.25, 0.3) is 0 Å². The van der Waals surface area contributed by atoms with Crippen LogP contribution in [0.25, 0.3) is 0 Å². The molecule has 1 aliphatic rings. The first-order valence-corrected chi connectivity index (χ1v) is 3.93. The van der Waals surface area contributed by atoms with Crippen molar-refractivity contribution in [3.8, 4) is 0 Å². The number of hydrogen-bond acceptors (Lipinski definition) is 4. The fourth-order valence-corrected chi connectivity index (χ4v) is 1.52. The second-order valence-electron chi connectivity index (χ2n) is 3.12. The third kappa shape index (κ3) is 1.27. The highest BCUT2D eigenvalue weighted by Gasteiger charge is 2.23. The van der Waals surface area contributed by atoms with E-state index in [1.165, 1.54) is 6.33 Å². The summed E-state index contributed by atoms with van der Waals surface area (Å²) in [5, 5.41) is 8.83. The van der Waals surface area contributed by atoms with Gasteiger partial charge in [0.05, 0.1) is 5.69 Å². The summed E-state index contributed by atoms with van der Waals surface area (Å²) in [4.78, 5) is 20.5. The predicted octanol–water partition coefficient (Wildman–Crippen LogP) is 0.120. The Bertz CT molecular complexity index is 364. The minimum Gasteiger partial charge on any atom is -0.476 e. The van der Waals surface area contributed by atoms with Crippen molar-refractivity contribution in [1.82, 2.24) is 14.9 Å². The molecule has 1 N–H and O–H groups in total. The van der Waals surface area contributed by atoms with E-state index in [2.05, 4.69) is 9.97 Å². The Morgan fingerprint density at radius 1 is 1.54 bits per heavy atom. The van der Waals surface area contributed by atoms with Gasteiger partial charge in [0.2, 0.25) is 0 Å². The summed E-state index contributed by atoms with van der Waals surface area (Å²) in [7, 11) is 1.92. The first-order chi connectivity index (χ1) is 6.18. The Kier molecular flexibility index (Phi) is 1.73. The number of carbonyl (C=O) groups is 1. The molecule has 0 amide bonds. The van der Waals surface area contributed by atoms with Gasteiger partial charge in [0.1, 0.15) is 6.33 Å². The van der Waals surface area contributed by atoms with E-state index in [-0.39, 0.29) is 5.69 Å². The van der Waals surface area contributed by atoms with Crippen molar-refractivity contribution in [2.45, 2.75) is 13.1 Å². The molecule has 2 rings (SSSR count). The summed E-state index contributed by atoms with van der Waals surface area (Å²) in [5.74, 6) is -0.978. The van der Waals surface area contributed by atoms with Crippen molar-refractivity contribution in [3.05, 3.63) is 23.3 Å². The van der Waals surface area contributed by atoms with E-state index >= 15 is 0 Å². The zero-order valence-corrected chi connectivity index (χ0v) is 7.19. The summed E-state index contributed by atoms with van der Waals surface area (Å²) in [6, 6.07) is 0. The Balaban J connectivity index is 2.51. The van der Waals surface area contributed by atoms with Crippen molar-refractivity contribution < 1.29 is 9.90 Å². The third-order valence-corrected chi connectivity index (χ3v) is 2.08. The van der Waals surface area contributed by atoms with Crippen molar-refractivity contribution in [3.63, 3.8) is 0 Å². The van der Waals surface area contributed by atoms with E-state index in [0.717, 1.165) is 11.3 Å². The highest BCUT2D eigenvalue weighted by atomic mass is 16.4. The molecule has 5 nitrogen and oxygen atoms in total. The molecule has 13 heavy (non-hydrogen) atoms. The SMILES string of the molecule is CN1Cc2ncnc(C(=O)O)c2C1. The van der Waals surface area contributed by atoms with Crippen LogP contribution in [0.4, 0.5) is 0 Å². The second kappa shape index (κ2) is 2.77. The number of aromatic carboxylic acids is 1. The van der Waals surface area contributed by atoms with Crippen molar-refractivity contribution in [2.75, 3.05) is 7.05 Å². The van der Waals surface area contributed by atoms with Crippen LogP contribution in [0, 0.1) is 0 Å². The molecule has 0 saturated heterocycles. The Morgan fingerprint density at radius 2 is 2.31 bits per heavy atom. The average molecular weight is 179 g/mol. The van der Waals surface area contributed by atoms with E-state index in [1.807, 2.05) is 11.9 Å². The molecule has 0 aromatic carbocycles. The fraction of sp³-hybridized carbons (Fsp3) is 0.375. The highest BCUT2D eigenvalue weighted by molar-refractivity contribution is 5.87. The maximum absolute atomic E-state index is 10.8. The molecule has 0 spiro atoms. The van der Waals surface area contributed by atoms with Crippen molar-refractivity contribution >= 4 is 5.97 Å². The van der Waals surface area contributed by atoms with Gasteiger partial charge in [0, 0.05) is 18.7 Å². The molecular formula is C8H9N3O2. The van der Waals surface area contributed by atoms with Crippen LogP contribution in [0.1, 0.15) is 21.7 Å². The zero-order valence-electron chi connectivity index (χ0n) is 7.19. The van der Waals surface area contributed by atoms with Gasteiger partial charge >= 0.3 is 5.97 Å². The molecule has 0 atom stereocenters. The molecule has 0 bridgehead atoms. The molecule has 68 valence electrons. The van der Waals surface area contributed by atoms with E-state index < -0.39 is 5.97 Å². The summed E-state index contributed by atoms with van der Waals surface area (Å²) in [6.07, 6.45) is 1.31. The van der Waals surface area contributed by atoms with E-state index in [1.54, 1.807) is 0 Å². The van der Waals surface area contributed by atoms with Crippen LogP contribution in [0.2, 0.25) is 0 Å². The van der Waals surface area contributed by atoms with Crippen LogP contribution >= 0.6 is 0 Å². The molecule has 0 aliphatic carbocycles. The smallest absolute Gasteiger partial charge is 0.354 e. The number of fused-ring (bicyclic) bond motifs is 1. The Labute approximate surface area is 75.0 Å². The largest absolute Gasteiger partial charge is 0.476 e. The third-order valence-electron chi connectivity index (χ3n) is 2.08. The molecular weight excluding hydrogens is 170 g/mol. The van der Waals surface area contributed by atoms with Gasteiger partial charge in [-0.3, -0.25) is 4.90 Å².